The highest BCUT2D eigenvalue weighted by Crippen LogP contribution is 2.60. The number of ether oxygens (including phenoxy) is 1. The van der Waals surface area contributed by atoms with Crippen LogP contribution in [0, 0.1) is 18.2 Å². The lowest BCUT2D eigenvalue weighted by molar-refractivity contribution is -0.0786. The zero-order chi connectivity index (χ0) is 28.9. The average molecular weight is 577 g/mol. The number of pyridine rings is 1. The van der Waals surface area contributed by atoms with E-state index in [1.54, 1.807) is 4.90 Å². The first kappa shape index (κ1) is 26.3. The van der Waals surface area contributed by atoms with Gasteiger partial charge in [-0.2, -0.15) is 0 Å². The Balaban J connectivity index is 1.01. The van der Waals surface area contributed by atoms with Crippen LogP contribution in [-0.4, -0.2) is 62.5 Å². The molecule has 0 aromatic carbocycles. The highest BCUT2D eigenvalue weighted by molar-refractivity contribution is 7.16. The van der Waals surface area contributed by atoms with Crippen LogP contribution in [0.5, 0.6) is 0 Å². The van der Waals surface area contributed by atoms with Gasteiger partial charge in [-0.1, -0.05) is 6.07 Å². The van der Waals surface area contributed by atoms with Crippen molar-refractivity contribution in [2.75, 3.05) is 25.5 Å². The van der Waals surface area contributed by atoms with Crippen LogP contribution in [0.3, 0.4) is 0 Å². The van der Waals surface area contributed by atoms with E-state index in [1.807, 2.05) is 58.0 Å². The fraction of sp³-hybridized carbons (Fsp3) is 0.500. The molecule has 3 aromatic rings. The molecule has 3 fully saturated rings. The number of nitrogens with one attached hydrogen (secondary N) is 1. The van der Waals surface area contributed by atoms with Crippen LogP contribution in [0.2, 0.25) is 0 Å². The van der Waals surface area contributed by atoms with Crippen molar-refractivity contribution in [3.63, 3.8) is 0 Å². The largest absolute Gasteiger partial charge is 0.444 e. The molecule has 0 radical (unpaired) electrons. The van der Waals surface area contributed by atoms with E-state index in [1.165, 1.54) is 11.3 Å². The summed E-state index contributed by atoms with van der Waals surface area (Å²) >= 11 is 1.47. The molecule has 0 unspecified atom stereocenters. The van der Waals surface area contributed by atoms with Crippen LogP contribution in [0.15, 0.2) is 24.5 Å². The van der Waals surface area contributed by atoms with Gasteiger partial charge in [-0.3, -0.25) is 4.79 Å². The zero-order valence-corrected chi connectivity index (χ0v) is 24.7. The maximum atomic E-state index is 15.0. The molecule has 1 saturated heterocycles. The summed E-state index contributed by atoms with van der Waals surface area (Å²) in [5, 5.41) is 3.10. The van der Waals surface area contributed by atoms with Crippen molar-refractivity contribution in [2.24, 2.45) is 5.41 Å². The van der Waals surface area contributed by atoms with Gasteiger partial charge >= 0.3 is 6.09 Å². The monoisotopic (exact) mass is 576 g/mol. The minimum Gasteiger partial charge on any atom is -0.444 e. The van der Waals surface area contributed by atoms with E-state index in [2.05, 4.69) is 20.3 Å². The number of carbonyl (C=O) groups is 2. The van der Waals surface area contributed by atoms with Gasteiger partial charge in [0.2, 0.25) is 5.95 Å². The summed E-state index contributed by atoms with van der Waals surface area (Å²) in [6.45, 7) is 9.01. The maximum Gasteiger partial charge on any atom is 0.410 e. The number of carbonyl (C=O) groups excluding carboxylic acids is 2. The molecule has 3 aromatic heterocycles. The molecule has 41 heavy (non-hydrogen) atoms. The van der Waals surface area contributed by atoms with Gasteiger partial charge in [0.15, 0.2) is 5.82 Å². The fourth-order valence-electron chi connectivity index (χ4n) is 6.64. The van der Waals surface area contributed by atoms with Crippen molar-refractivity contribution in [1.82, 2.24) is 24.8 Å². The molecule has 9 nitrogen and oxygen atoms in total. The third kappa shape index (κ3) is 4.19. The lowest BCUT2D eigenvalue weighted by atomic mass is 9.56. The number of hydrogen-bond acceptors (Lipinski definition) is 8. The van der Waals surface area contributed by atoms with Crippen molar-refractivity contribution in [3.8, 4) is 10.6 Å². The predicted octanol–water partition coefficient (Wildman–Crippen LogP) is 5.98. The quantitative estimate of drug-likeness (QED) is 0.408. The summed E-state index contributed by atoms with van der Waals surface area (Å²) in [7, 11) is 1.85. The van der Waals surface area contributed by atoms with Gasteiger partial charge in [0.05, 0.1) is 22.2 Å². The molecule has 7 rings (SSSR count). The predicted molar refractivity (Wildman–Crippen MR) is 153 cm³/mol. The van der Waals surface area contributed by atoms with Gasteiger partial charge in [-0.25, -0.2) is 24.1 Å². The summed E-state index contributed by atoms with van der Waals surface area (Å²) in [6, 6.07) is 3.93. The number of hydrogen-bond donors (Lipinski definition) is 1. The molecular weight excluding hydrogens is 543 g/mol. The molecule has 2 spiro atoms. The summed E-state index contributed by atoms with van der Waals surface area (Å²) < 4.78 is 20.4. The smallest absolute Gasteiger partial charge is 0.410 e. The van der Waals surface area contributed by atoms with Gasteiger partial charge < -0.3 is 19.9 Å². The number of fused-ring (bicyclic) bond motifs is 2. The Bertz CT molecular complexity index is 1580. The minimum absolute atomic E-state index is 0.00432. The van der Waals surface area contributed by atoms with Crippen molar-refractivity contribution < 1.29 is 18.7 Å². The van der Waals surface area contributed by atoms with Crippen LogP contribution in [0.1, 0.15) is 78.7 Å². The Morgan fingerprint density at radius 3 is 2.54 bits per heavy atom. The van der Waals surface area contributed by atoms with Crippen molar-refractivity contribution in [2.45, 2.75) is 70.4 Å². The highest BCUT2D eigenvalue weighted by atomic mass is 32.1. The molecule has 2 aliphatic heterocycles. The van der Waals surface area contributed by atoms with Crippen LogP contribution in [0.25, 0.3) is 10.6 Å². The van der Waals surface area contributed by atoms with Crippen LogP contribution < -0.4 is 5.32 Å². The molecule has 1 N–H and O–H groups in total. The van der Waals surface area contributed by atoms with Crippen molar-refractivity contribution >= 4 is 35.1 Å². The second-order valence-corrected chi connectivity index (χ2v) is 14.1. The van der Waals surface area contributed by atoms with Gasteiger partial charge in [0.25, 0.3) is 5.91 Å². The third-order valence-electron chi connectivity index (χ3n) is 8.97. The highest BCUT2D eigenvalue weighted by Gasteiger charge is 2.58. The second-order valence-electron chi connectivity index (χ2n) is 13.1. The van der Waals surface area contributed by atoms with E-state index in [0.29, 0.717) is 22.2 Å². The number of likely N-dealkylation sites (tertiary alicyclic amines) is 1. The van der Waals surface area contributed by atoms with Crippen LogP contribution in [-0.2, 0) is 10.3 Å². The standard InChI is InChI=1S/C30H33FN6O3S/c1-16-21-24(30(8-9-30)36(5)25(21)38)41-23(16)22-19(31)13-33-26(35-22)34-20-7-6-17(12-32-20)18-10-29(11-18)14-37(15-29)27(39)40-28(2,3)4/h6-7,12-13,18H,8-11,14-15H2,1-5H3,(H,32,33,34,35). The van der Waals surface area contributed by atoms with Crippen molar-refractivity contribution in [1.29, 1.82) is 0 Å². The van der Waals surface area contributed by atoms with Crippen LogP contribution >= 0.6 is 11.3 Å². The first-order chi connectivity index (χ1) is 19.4. The topological polar surface area (TPSA) is 101 Å². The summed E-state index contributed by atoms with van der Waals surface area (Å²) in [5.41, 5.74) is 2.32. The van der Waals surface area contributed by atoms with E-state index in [4.69, 9.17) is 4.74 Å². The van der Waals surface area contributed by atoms with E-state index in [-0.39, 0.29) is 34.6 Å². The number of thiophene rings is 1. The second kappa shape index (κ2) is 8.70. The lowest BCUT2D eigenvalue weighted by Crippen LogP contribution is -2.63. The van der Waals surface area contributed by atoms with E-state index < -0.39 is 11.4 Å². The summed E-state index contributed by atoms with van der Waals surface area (Å²) in [5.74, 6) is 0.710. The van der Waals surface area contributed by atoms with E-state index in [0.717, 1.165) is 61.0 Å². The molecule has 2 saturated carbocycles. The number of nitrogens with zero attached hydrogens (tertiary/aromatic N) is 5. The molecule has 5 heterocycles. The SMILES string of the molecule is Cc1c(-c2nc(Nc3ccc(C4CC5(C4)CN(C(=O)OC(C)(C)C)C5)cn3)ncc2F)sc2c1C(=O)N(C)C21CC1. The van der Waals surface area contributed by atoms with Gasteiger partial charge in [0, 0.05) is 36.6 Å². The van der Waals surface area contributed by atoms with E-state index in [9.17, 15) is 14.0 Å². The normalized spacial score (nSPS) is 20.2. The lowest BCUT2D eigenvalue weighted by Gasteiger charge is -2.58. The first-order valence-electron chi connectivity index (χ1n) is 14.0. The number of rotatable bonds is 4. The molecule has 2 aliphatic carbocycles. The molecule has 2 amide bonds. The van der Waals surface area contributed by atoms with Crippen molar-refractivity contribution in [3.05, 3.63) is 51.9 Å². The molecule has 4 aliphatic rings. The number of halogens is 1. The molecule has 214 valence electrons. The molecule has 0 bridgehead atoms. The fourth-order valence-corrected chi connectivity index (χ4v) is 8.21. The van der Waals surface area contributed by atoms with Gasteiger partial charge in [0.1, 0.15) is 17.1 Å². The number of amides is 2. The summed E-state index contributed by atoms with van der Waals surface area (Å²) in [4.78, 5) is 43.7. The summed E-state index contributed by atoms with van der Waals surface area (Å²) in [6.07, 6.45) is 6.71. The Kier molecular flexibility index (Phi) is 5.58. The van der Waals surface area contributed by atoms with E-state index >= 15 is 0 Å². The van der Waals surface area contributed by atoms with Crippen LogP contribution in [0.4, 0.5) is 21.0 Å². The molecule has 0 atom stereocenters. The Morgan fingerprint density at radius 2 is 1.90 bits per heavy atom. The Labute approximate surface area is 242 Å². The Morgan fingerprint density at radius 1 is 1.17 bits per heavy atom. The molecule has 11 heteroatoms. The average Bonchev–Trinajstić information content (AvgIpc) is 3.55. The minimum atomic E-state index is -0.521. The Hall–Kier alpha value is -3.60. The molecular formula is C30H33FN6O3S. The number of anilines is 2. The van der Waals surface area contributed by atoms with Gasteiger partial charge in [-0.05, 0) is 76.5 Å². The number of aromatic nitrogens is 3. The maximum absolute atomic E-state index is 15.0. The first-order valence-corrected chi connectivity index (χ1v) is 14.9. The van der Waals surface area contributed by atoms with Gasteiger partial charge in [-0.15, -0.1) is 11.3 Å². The zero-order valence-electron chi connectivity index (χ0n) is 23.9. The third-order valence-corrected chi connectivity index (χ3v) is 10.5.